The van der Waals surface area contributed by atoms with Crippen molar-refractivity contribution in [2.75, 3.05) is 5.43 Å². The molecule has 0 atom stereocenters. The van der Waals surface area contributed by atoms with Crippen molar-refractivity contribution in [3.8, 4) is 0 Å². The maximum Gasteiger partial charge on any atom is 0.126 e. The lowest BCUT2D eigenvalue weighted by Crippen LogP contribution is -2.05. The van der Waals surface area contributed by atoms with Crippen molar-refractivity contribution in [2.45, 2.75) is 0 Å². The van der Waals surface area contributed by atoms with Gasteiger partial charge in [-0.25, -0.2) is 4.39 Å². The molecule has 16 heavy (non-hydrogen) atoms. The summed E-state index contributed by atoms with van der Waals surface area (Å²) in [5.74, 6) is -0.358. The van der Waals surface area contributed by atoms with E-state index >= 15 is 0 Å². The van der Waals surface area contributed by atoms with Crippen LogP contribution in [0.3, 0.4) is 0 Å². The zero-order valence-corrected chi connectivity index (χ0v) is 8.08. The van der Waals surface area contributed by atoms with Crippen LogP contribution in [0.4, 0.5) is 10.1 Å². The first-order valence-electron chi connectivity index (χ1n) is 4.20. The second-order valence-corrected chi connectivity index (χ2v) is 2.64. The summed E-state index contributed by atoms with van der Waals surface area (Å²) in [4.78, 5) is 0. The summed E-state index contributed by atoms with van der Waals surface area (Å²) in [5.41, 5.74) is 3.19. The molecule has 0 bridgehead atoms. The average Bonchev–Trinajstić information content (AvgIpc) is 2.29. The van der Waals surface area contributed by atoms with Crippen molar-refractivity contribution < 1.29 is 14.8 Å². The fourth-order valence-corrected chi connectivity index (χ4v) is 0.863. The Bertz CT molecular complexity index is 400. The van der Waals surface area contributed by atoms with Crippen LogP contribution in [0.1, 0.15) is 0 Å². The zero-order chi connectivity index (χ0) is 11.8. The molecule has 0 saturated heterocycles. The van der Waals surface area contributed by atoms with Gasteiger partial charge in [-0.1, -0.05) is 10.3 Å². The second kappa shape index (κ2) is 6.12. The van der Waals surface area contributed by atoms with Crippen molar-refractivity contribution in [2.24, 2.45) is 15.4 Å². The van der Waals surface area contributed by atoms with Gasteiger partial charge in [-0.2, -0.15) is 5.10 Å². The molecule has 0 aliphatic rings. The van der Waals surface area contributed by atoms with E-state index in [4.69, 9.17) is 10.4 Å². The van der Waals surface area contributed by atoms with Crippen LogP contribution in [0.25, 0.3) is 0 Å². The summed E-state index contributed by atoms with van der Waals surface area (Å²) in [5, 5.41) is 25.7. The molecular weight excluding hydrogens is 215 g/mol. The van der Waals surface area contributed by atoms with Crippen LogP contribution >= 0.6 is 0 Å². The molecule has 1 rings (SSSR count). The van der Waals surface area contributed by atoms with Crippen molar-refractivity contribution >= 4 is 23.8 Å². The Labute approximate surface area is 90.4 Å². The minimum Gasteiger partial charge on any atom is -0.411 e. The van der Waals surface area contributed by atoms with E-state index in [1.807, 2.05) is 0 Å². The summed E-state index contributed by atoms with van der Waals surface area (Å²) in [7, 11) is 0. The van der Waals surface area contributed by atoms with Gasteiger partial charge in [-0.05, 0) is 24.3 Å². The van der Waals surface area contributed by atoms with E-state index in [9.17, 15) is 4.39 Å². The van der Waals surface area contributed by atoms with Gasteiger partial charge < -0.3 is 10.4 Å². The Morgan fingerprint density at radius 1 is 1.12 bits per heavy atom. The van der Waals surface area contributed by atoms with E-state index in [0.717, 1.165) is 12.4 Å². The third-order valence-corrected chi connectivity index (χ3v) is 1.54. The standard InChI is InChI=1S/C9H9FN4O2/c10-7-1-3-8(4-2-7)13-14-9(5-11-15)6-12-16/h1-6,13,15-16H/b11-5+,12-6+. The predicted octanol–water partition coefficient (Wildman–Crippen LogP) is 1.51. The molecule has 0 aromatic heterocycles. The van der Waals surface area contributed by atoms with Gasteiger partial charge in [0.15, 0.2) is 0 Å². The third kappa shape index (κ3) is 3.74. The lowest BCUT2D eigenvalue weighted by molar-refractivity contribution is 0.321. The Hall–Kier alpha value is -2.44. The normalized spacial score (nSPS) is 10.8. The van der Waals surface area contributed by atoms with Crippen LogP contribution in [0.5, 0.6) is 0 Å². The first-order valence-corrected chi connectivity index (χ1v) is 4.20. The molecule has 0 unspecified atom stereocenters. The van der Waals surface area contributed by atoms with Gasteiger partial charge in [0, 0.05) is 0 Å². The van der Waals surface area contributed by atoms with E-state index in [1.54, 1.807) is 0 Å². The highest BCUT2D eigenvalue weighted by molar-refractivity contribution is 6.55. The lowest BCUT2D eigenvalue weighted by Gasteiger charge is -1.99. The minimum absolute atomic E-state index is 0.0920. The number of rotatable bonds is 4. The Morgan fingerprint density at radius 2 is 1.69 bits per heavy atom. The molecule has 0 heterocycles. The molecular formula is C9H9FN4O2. The minimum atomic E-state index is -0.358. The number of hydrogen-bond donors (Lipinski definition) is 3. The van der Waals surface area contributed by atoms with E-state index in [1.165, 1.54) is 24.3 Å². The summed E-state index contributed by atoms with van der Waals surface area (Å²) < 4.78 is 12.6. The Balaban J connectivity index is 2.72. The van der Waals surface area contributed by atoms with Gasteiger partial charge in [0.2, 0.25) is 0 Å². The summed E-state index contributed by atoms with van der Waals surface area (Å²) in [6.07, 6.45) is 1.94. The largest absolute Gasteiger partial charge is 0.411 e. The highest BCUT2D eigenvalue weighted by Crippen LogP contribution is 2.07. The van der Waals surface area contributed by atoms with Crippen molar-refractivity contribution in [1.29, 1.82) is 0 Å². The fourth-order valence-electron chi connectivity index (χ4n) is 0.863. The molecule has 1 aromatic rings. The van der Waals surface area contributed by atoms with Crippen molar-refractivity contribution in [3.63, 3.8) is 0 Å². The second-order valence-electron chi connectivity index (χ2n) is 2.64. The van der Waals surface area contributed by atoms with Crippen LogP contribution < -0.4 is 5.43 Å². The molecule has 0 spiro atoms. The first kappa shape index (κ1) is 11.6. The summed E-state index contributed by atoms with van der Waals surface area (Å²) >= 11 is 0. The van der Waals surface area contributed by atoms with Crippen LogP contribution in [-0.2, 0) is 0 Å². The number of nitrogens with one attached hydrogen (secondary N) is 1. The van der Waals surface area contributed by atoms with Gasteiger partial charge in [0.1, 0.15) is 11.5 Å². The first-order chi connectivity index (χ1) is 7.76. The smallest absolute Gasteiger partial charge is 0.126 e. The van der Waals surface area contributed by atoms with Crippen LogP contribution in [0.2, 0.25) is 0 Å². The predicted molar refractivity (Wildman–Crippen MR) is 58.0 cm³/mol. The lowest BCUT2D eigenvalue weighted by atomic mass is 10.3. The SMILES string of the molecule is O/N=C/C(/C=N/O)=NNc1ccc(F)cc1. The van der Waals surface area contributed by atoms with Gasteiger partial charge in [-0.15, -0.1) is 0 Å². The van der Waals surface area contributed by atoms with E-state index in [-0.39, 0.29) is 11.5 Å². The molecule has 0 amide bonds. The van der Waals surface area contributed by atoms with Gasteiger partial charge in [0.25, 0.3) is 0 Å². The molecule has 0 aliphatic carbocycles. The molecule has 0 saturated carbocycles. The van der Waals surface area contributed by atoms with E-state index in [0.29, 0.717) is 5.69 Å². The number of hydrazone groups is 1. The molecule has 3 N–H and O–H groups in total. The van der Waals surface area contributed by atoms with Gasteiger partial charge >= 0.3 is 0 Å². The number of benzene rings is 1. The van der Waals surface area contributed by atoms with Gasteiger partial charge in [-0.3, -0.25) is 5.43 Å². The molecule has 7 heteroatoms. The number of halogens is 1. The molecule has 0 aliphatic heterocycles. The van der Waals surface area contributed by atoms with Crippen molar-refractivity contribution in [1.82, 2.24) is 0 Å². The van der Waals surface area contributed by atoms with Gasteiger partial charge in [0.05, 0.1) is 18.1 Å². The molecule has 84 valence electrons. The third-order valence-electron chi connectivity index (χ3n) is 1.54. The fraction of sp³-hybridized carbons (Fsp3) is 0. The Morgan fingerprint density at radius 3 is 2.19 bits per heavy atom. The Kier molecular flexibility index (Phi) is 4.45. The maximum atomic E-state index is 12.6. The number of nitrogens with zero attached hydrogens (tertiary/aromatic N) is 3. The van der Waals surface area contributed by atoms with E-state index < -0.39 is 0 Å². The average molecular weight is 224 g/mol. The zero-order valence-electron chi connectivity index (χ0n) is 8.08. The van der Waals surface area contributed by atoms with Crippen LogP contribution in [0.15, 0.2) is 39.7 Å². The highest BCUT2D eigenvalue weighted by Gasteiger charge is 1.93. The number of anilines is 1. The quantitative estimate of drug-likeness (QED) is 0.411. The molecule has 6 nitrogen and oxygen atoms in total. The number of hydrogen-bond acceptors (Lipinski definition) is 6. The highest BCUT2D eigenvalue weighted by atomic mass is 19.1. The van der Waals surface area contributed by atoms with Crippen molar-refractivity contribution in [3.05, 3.63) is 30.1 Å². The molecule has 0 radical (unpaired) electrons. The summed E-state index contributed by atoms with van der Waals surface area (Å²) in [6.45, 7) is 0. The topological polar surface area (TPSA) is 89.6 Å². The van der Waals surface area contributed by atoms with Crippen LogP contribution in [0, 0.1) is 5.82 Å². The maximum absolute atomic E-state index is 12.6. The molecule has 0 fully saturated rings. The summed E-state index contributed by atoms with van der Waals surface area (Å²) in [6, 6.07) is 5.47. The monoisotopic (exact) mass is 224 g/mol. The van der Waals surface area contributed by atoms with E-state index in [2.05, 4.69) is 20.8 Å². The molecule has 1 aromatic carbocycles. The number of oxime groups is 2. The van der Waals surface area contributed by atoms with Crippen LogP contribution in [-0.4, -0.2) is 28.6 Å².